The van der Waals surface area contributed by atoms with E-state index in [-0.39, 0.29) is 23.0 Å². The number of halogens is 2. The van der Waals surface area contributed by atoms with Gasteiger partial charge in [-0.2, -0.15) is 5.10 Å². The van der Waals surface area contributed by atoms with Crippen molar-refractivity contribution in [1.29, 1.82) is 0 Å². The number of hydrogen-bond acceptors (Lipinski definition) is 5. The Morgan fingerprint density at radius 1 is 1.28 bits per heavy atom. The fourth-order valence-corrected chi connectivity index (χ4v) is 5.15. The van der Waals surface area contributed by atoms with E-state index in [9.17, 15) is 14.7 Å². The number of aliphatic carboxylic acids is 1. The fraction of sp³-hybridized carbons (Fsp3) is 0.364. The van der Waals surface area contributed by atoms with E-state index in [1.54, 1.807) is 22.9 Å². The van der Waals surface area contributed by atoms with Crippen LogP contribution < -0.4 is 0 Å². The fourth-order valence-electron chi connectivity index (χ4n) is 4.85. The number of carboxylic acid groups (broad SMARTS) is 1. The molecule has 0 saturated carbocycles. The third kappa shape index (κ3) is 3.09. The zero-order valence-electron chi connectivity index (χ0n) is 17.5. The smallest absolute Gasteiger partial charge is 0.346 e. The summed E-state index contributed by atoms with van der Waals surface area (Å²) >= 11 is 12.2. The van der Waals surface area contributed by atoms with Crippen LogP contribution in [0.1, 0.15) is 40.1 Å². The summed E-state index contributed by atoms with van der Waals surface area (Å²) in [6.45, 7) is 2.79. The molecule has 1 aromatic carbocycles. The Hall–Kier alpha value is -2.68. The Morgan fingerprint density at radius 2 is 2.06 bits per heavy atom. The lowest BCUT2D eigenvalue weighted by molar-refractivity contribution is -0.861. The van der Waals surface area contributed by atoms with Gasteiger partial charge in [-0.25, -0.2) is 4.79 Å². The van der Waals surface area contributed by atoms with Crippen LogP contribution >= 0.6 is 23.2 Å². The number of hydrogen-bond donors (Lipinski definition) is 1. The zero-order valence-corrected chi connectivity index (χ0v) is 19.0. The van der Waals surface area contributed by atoms with E-state index >= 15 is 0 Å². The minimum absolute atomic E-state index is 0.0703. The van der Waals surface area contributed by atoms with Crippen LogP contribution in [0.15, 0.2) is 29.0 Å². The molecule has 0 saturated heterocycles. The first-order valence-electron chi connectivity index (χ1n) is 10.3. The van der Waals surface area contributed by atoms with Gasteiger partial charge in [-0.05, 0) is 31.5 Å². The maximum absolute atomic E-state index is 13.6. The molecule has 2 aliphatic heterocycles. The van der Waals surface area contributed by atoms with Crippen LogP contribution in [0.5, 0.6) is 0 Å². The van der Waals surface area contributed by atoms with Crippen molar-refractivity contribution in [3.05, 3.63) is 56.9 Å². The molecule has 0 fully saturated rings. The third-order valence-electron chi connectivity index (χ3n) is 6.86. The Bertz CT molecular complexity index is 1270. The molecule has 0 spiro atoms. The minimum atomic E-state index is -0.887. The molecule has 5 rings (SSSR count). The first-order chi connectivity index (χ1) is 15.2. The summed E-state index contributed by atoms with van der Waals surface area (Å²) in [4.78, 5) is 25.4. The lowest BCUT2D eigenvalue weighted by Gasteiger charge is -2.40. The summed E-state index contributed by atoms with van der Waals surface area (Å²) < 4.78 is 7.07. The monoisotopic (exact) mass is 475 g/mol. The molecule has 0 aliphatic carbocycles. The number of quaternary nitrogens is 1. The summed E-state index contributed by atoms with van der Waals surface area (Å²) in [5, 5.41) is 19.3. The minimum Gasteiger partial charge on any atom is -0.481 e. The number of fused-ring (bicyclic) bond motifs is 5. The highest BCUT2D eigenvalue weighted by Gasteiger charge is 2.47. The number of carbonyl (C=O) groups excluding carboxylic acids is 1. The van der Waals surface area contributed by atoms with E-state index in [4.69, 9.17) is 32.8 Å². The molecule has 3 atom stereocenters. The predicted molar refractivity (Wildman–Crippen MR) is 117 cm³/mol. The molecule has 2 aliphatic rings. The van der Waals surface area contributed by atoms with E-state index < -0.39 is 11.9 Å². The number of benzene rings is 1. The molecule has 8 nitrogen and oxygen atoms in total. The van der Waals surface area contributed by atoms with Crippen molar-refractivity contribution in [1.82, 2.24) is 14.9 Å². The van der Waals surface area contributed by atoms with E-state index in [2.05, 4.69) is 5.16 Å². The average molecular weight is 476 g/mol. The highest BCUT2D eigenvalue weighted by Crippen LogP contribution is 2.43. The van der Waals surface area contributed by atoms with Gasteiger partial charge in [0.25, 0.3) is 0 Å². The van der Waals surface area contributed by atoms with Gasteiger partial charge in [0.05, 0.1) is 58.6 Å². The second-order valence-electron chi connectivity index (χ2n) is 8.67. The first kappa shape index (κ1) is 21.2. The molecule has 4 heterocycles. The third-order valence-corrected chi connectivity index (χ3v) is 7.60. The highest BCUT2D eigenvalue weighted by atomic mass is 35.5. The summed E-state index contributed by atoms with van der Waals surface area (Å²) in [6.07, 6.45) is 2.39. The molecule has 166 valence electrons. The van der Waals surface area contributed by atoms with Crippen LogP contribution in [0.25, 0.3) is 11.4 Å². The lowest BCUT2D eigenvalue weighted by atomic mass is 9.92. The summed E-state index contributed by atoms with van der Waals surface area (Å²) in [5.41, 5.74) is 4.35. The zero-order chi connectivity index (χ0) is 22.8. The quantitative estimate of drug-likeness (QED) is 0.562. The Kier molecular flexibility index (Phi) is 4.92. The van der Waals surface area contributed by atoms with Crippen LogP contribution in [-0.2, 0) is 24.2 Å². The number of likely N-dealkylation sites (N-methyl/N-ethyl adjacent to an activating group) is 1. The van der Waals surface area contributed by atoms with E-state index in [0.717, 1.165) is 22.5 Å². The highest BCUT2D eigenvalue weighted by molar-refractivity contribution is 6.42. The van der Waals surface area contributed by atoms with Gasteiger partial charge in [-0.15, -0.1) is 0 Å². The number of rotatable bonds is 2. The molecule has 1 N–H and O–H groups in total. The van der Waals surface area contributed by atoms with Crippen molar-refractivity contribution >= 4 is 35.1 Å². The Labute approximate surface area is 193 Å². The van der Waals surface area contributed by atoms with Crippen LogP contribution in [-0.4, -0.2) is 50.0 Å². The maximum atomic E-state index is 13.6. The van der Waals surface area contributed by atoms with E-state index in [1.807, 2.05) is 14.0 Å². The van der Waals surface area contributed by atoms with Crippen molar-refractivity contribution in [2.45, 2.75) is 32.4 Å². The molecule has 3 aromatic rings. The van der Waals surface area contributed by atoms with Gasteiger partial charge < -0.3 is 9.63 Å². The molecular formula is C22H21Cl2N4O4+. The molecule has 2 aromatic heterocycles. The second-order valence-corrected chi connectivity index (χ2v) is 9.48. The summed E-state index contributed by atoms with van der Waals surface area (Å²) in [7, 11) is 1.91. The van der Waals surface area contributed by atoms with Crippen LogP contribution in [0.4, 0.5) is 0 Å². The molecule has 32 heavy (non-hydrogen) atoms. The number of aromatic nitrogens is 3. The van der Waals surface area contributed by atoms with Gasteiger partial charge in [0.15, 0.2) is 0 Å². The molecule has 10 heteroatoms. The van der Waals surface area contributed by atoms with Gasteiger partial charge in [0.1, 0.15) is 18.0 Å². The Balaban J connectivity index is 1.62. The second kappa shape index (κ2) is 7.43. The van der Waals surface area contributed by atoms with Crippen LogP contribution in [0, 0.1) is 5.92 Å². The number of amides is 1. The molecular weight excluding hydrogens is 455 g/mol. The predicted octanol–water partition coefficient (Wildman–Crippen LogP) is 4.01. The van der Waals surface area contributed by atoms with Crippen LogP contribution in [0.2, 0.25) is 10.0 Å². The standard InChI is InChI=1S/C22H20Cl2N4O4/c1-11-18-17(5-6-28(11,2)21(29)12-3-4-15(23)16(24)8-12)25-27-9-13(22(30)31)7-14-10-32-26-19(14)20(18)27/h3-4,8,10-11,13H,5-7,9H2,1-2H3/p+1/t11-,13?,28?/m1/s1. The topological polar surface area (TPSA) is 98.2 Å². The van der Waals surface area contributed by atoms with Crippen LogP contribution in [0.3, 0.4) is 0 Å². The summed E-state index contributed by atoms with van der Waals surface area (Å²) in [6, 6.07) is 4.68. The number of nitrogens with zero attached hydrogens (tertiary/aromatic N) is 4. The SMILES string of the molecule is C[C@@H]1c2c(nn3c2-c2nocc2CC(C(=O)O)C3)CC[N+]1(C)C(=O)c1ccc(Cl)c(Cl)c1. The normalized spacial score (nSPS) is 24.2. The van der Waals surface area contributed by atoms with E-state index in [1.165, 1.54) is 6.26 Å². The molecule has 1 amide bonds. The van der Waals surface area contributed by atoms with Crippen molar-refractivity contribution in [3.8, 4) is 11.4 Å². The lowest BCUT2D eigenvalue weighted by Crippen LogP contribution is -2.54. The summed E-state index contributed by atoms with van der Waals surface area (Å²) in [5.74, 6) is -1.59. The van der Waals surface area contributed by atoms with Crippen molar-refractivity contribution in [2.75, 3.05) is 13.6 Å². The molecule has 2 unspecified atom stereocenters. The maximum Gasteiger partial charge on any atom is 0.346 e. The van der Waals surface area contributed by atoms with Gasteiger partial charge in [0.2, 0.25) is 0 Å². The molecule has 0 bridgehead atoms. The van der Waals surface area contributed by atoms with Crippen molar-refractivity contribution in [3.63, 3.8) is 0 Å². The molecule has 0 radical (unpaired) electrons. The van der Waals surface area contributed by atoms with Gasteiger partial charge in [-0.3, -0.25) is 14.0 Å². The van der Waals surface area contributed by atoms with E-state index in [0.29, 0.717) is 40.7 Å². The average Bonchev–Trinajstić information content (AvgIpc) is 3.32. The van der Waals surface area contributed by atoms with Crippen molar-refractivity contribution < 1.29 is 23.7 Å². The number of carboxylic acids is 1. The first-order valence-corrected chi connectivity index (χ1v) is 11.1. The largest absolute Gasteiger partial charge is 0.481 e. The van der Waals surface area contributed by atoms with Gasteiger partial charge in [-0.1, -0.05) is 28.4 Å². The Morgan fingerprint density at radius 3 is 2.78 bits per heavy atom. The van der Waals surface area contributed by atoms with Gasteiger partial charge >= 0.3 is 11.9 Å². The van der Waals surface area contributed by atoms with Crippen molar-refractivity contribution in [2.24, 2.45) is 5.92 Å². The number of carbonyl (C=O) groups is 2. The van der Waals surface area contributed by atoms with Gasteiger partial charge in [0, 0.05) is 12.0 Å².